The van der Waals surface area contributed by atoms with E-state index in [9.17, 15) is 4.79 Å². The van der Waals surface area contributed by atoms with Crippen LogP contribution in [-0.4, -0.2) is 11.9 Å². The maximum Gasteiger partial charge on any atom is 0.221 e. The highest BCUT2D eigenvalue weighted by molar-refractivity contribution is 5.89. The van der Waals surface area contributed by atoms with E-state index in [1.807, 2.05) is 18.2 Å². The quantitative estimate of drug-likeness (QED) is 0.862. The molecule has 0 saturated heterocycles. The van der Waals surface area contributed by atoms with E-state index in [0.29, 0.717) is 6.04 Å². The van der Waals surface area contributed by atoms with Crippen molar-refractivity contribution in [2.24, 2.45) is 11.8 Å². The van der Waals surface area contributed by atoms with Gasteiger partial charge in [0.2, 0.25) is 5.91 Å². The van der Waals surface area contributed by atoms with Crippen molar-refractivity contribution in [2.45, 2.75) is 52.6 Å². The van der Waals surface area contributed by atoms with Gasteiger partial charge in [-0.15, -0.1) is 0 Å². The maximum atomic E-state index is 11.2. The first-order valence-electron chi connectivity index (χ1n) is 7.70. The van der Waals surface area contributed by atoms with Gasteiger partial charge in [0, 0.05) is 25.2 Å². The summed E-state index contributed by atoms with van der Waals surface area (Å²) in [6.07, 6.45) is 3.88. The molecule has 0 spiro atoms. The molecular weight excluding hydrogens is 248 g/mol. The highest BCUT2D eigenvalue weighted by Crippen LogP contribution is 2.34. The molecule has 2 rings (SSSR count). The van der Waals surface area contributed by atoms with Crippen LogP contribution in [0.4, 0.5) is 5.69 Å². The average Bonchev–Trinajstić information content (AvgIpc) is 2.78. The van der Waals surface area contributed by atoms with Crippen molar-refractivity contribution >= 4 is 11.6 Å². The number of hydrogen-bond donors (Lipinski definition) is 2. The molecule has 0 aliphatic heterocycles. The molecule has 1 aliphatic rings. The van der Waals surface area contributed by atoms with E-state index in [4.69, 9.17) is 0 Å². The highest BCUT2D eigenvalue weighted by Gasteiger charge is 2.30. The first-order valence-corrected chi connectivity index (χ1v) is 7.70. The second-order valence-corrected chi connectivity index (χ2v) is 5.93. The summed E-state index contributed by atoms with van der Waals surface area (Å²) in [7, 11) is 0. The molecule has 1 saturated carbocycles. The van der Waals surface area contributed by atoms with Crippen molar-refractivity contribution in [3.8, 4) is 0 Å². The number of anilines is 1. The molecule has 3 nitrogen and oxygen atoms in total. The van der Waals surface area contributed by atoms with Crippen LogP contribution in [0.2, 0.25) is 0 Å². The molecule has 1 aromatic rings. The van der Waals surface area contributed by atoms with E-state index >= 15 is 0 Å². The van der Waals surface area contributed by atoms with Crippen LogP contribution in [0.3, 0.4) is 0 Å². The fourth-order valence-corrected chi connectivity index (χ4v) is 3.34. The van der Waals surface area contributed by atoms with Crippen molar-refractivity contribution in [1.29, 1.82) is 0 Å². The topological polar surface area (TPSA) is 41.1 Å². The third-order valence-corrected chi connectivity index (χ3v) is 4.63. The number of rotatable bonds is 5. The molecule has 0 radical (unpaired) electrons. The number of para-hydroxylation sites is 1. The van der Waals surface area contributed by atoms with Gasteiger partial charge in [0.05, 0.1) is 0 Å². The summed E-state index contributed by atoms with van der Waals surface area (Å²) in [6, 6.07) is 8.63. The number of nitrogens with one attached hydrogen (secondary N) is 2. The molecule has 0 bridgehead atoms. The van der Waals surface area contributed by atoms with Crippen LogP contribution >= 0.6 is 0 Å². The number of benzene rings is 1. The predicted molar refractivity (Wildman–Crippen MR) is 83.6 cm³/mol. The van der Waals surface area contributed by atoms with Gasteiger partial charge in [0.25, 0.3) is 0 Å². The lowest BCUT2D eigenvalue weighted by Gasteiger charge is -2.21. The summed E-state index contributed by atoms with van der Waals surface area (Å²) < 4.78 is 0. The van der Waals surface area contributed by atoms with Gasteiger partial charge in [0.15, 0.2) is 0 Å². The zero-order chi connectivity index (χ0) is 14.5. The number of carbonyl (C=O) groups is 1. The molecule has 1 aliphatic carbocycles. The van der Waals surface area contributed by atoms with Crippen molar-refractivity contribution in [2.75, 3.05) is 5.32 Å². The highest BCUT2D eigenvalue weighted by atomic mass is 16.1. The standard InChI is InChI=1S/C17H26N2O/c1-4-14-9-10-16(12(14)2)18-11-15-7-5-6-8-17(15)19-13(3)20/h5-8,12,14,16,18H,4,9-11H2,1-3H3,(H,19,20). The van der Waals surface area contributed by atoms with Crippen molar-refractivity contribution in [3.05, 3.63) is 29.8 Å². The molecular formula is C17H26N2O. The SMILES string of the molecule is CCC1CCC(NCc2ccccc2NC(C)=O)C1C. The van der Waals surface area contributed by atoms with E-state index in [2.05, 4.69) is 30.5 Å². The summed E-state index contributed by atoms with van der Waals surface area (Å²) in [4.78, 5) is 11.2. The fourth-order valence-electron chi connectivity index (χ4n) is 3.34. The van der Waals surface area contributed by atoms with Crippen LogP contribution in [0.15, 0.2) is 24.3 Å². The van der Waals surface area contributed by atoms with Gasteiger partial charge in [-0.1, -0.05) is 38.5 Å². The zero-order valence-corrected chi connectivity index (χ0v) is 12.8. The minimum atomic E-state index is -0.0160. The van der Waals surface area contributed by atoms with Gasteiger partial charge in [-0.25, -0.2) is 0 Å². The van der Waals surface area contributed by atoms with E-state index in [1.165, 1.54) is 19.3 Å². The van der Waals surface area contributed by atoms with Crippen LogP contribution in [0, 0.1) is 11.8 Å². The minimum absolute atomic E-state index is 0.0160. The van der Waals surface area contributed by atoms with Crippen LogP contribution in [-0.2, 0) is 11.3 Å². The number of hydrogen-bond acceptors (Lipinski definition) is 2. The molecule has 3 heteroatoms. The molecule has 110 valence electrons. The number of amides is 1. The second kappa shape index (κ2) is 6.89. The molecule has 1 aromatic carbocycles. The lowest BCUT2D eigenvalue weighted by molar-refractivity contribution is -0.114. The number of carbonyl (C=O) groups excluding carboxylic acids is 1. The molecule has 1 amide bonds. The van der Waals surface area contributed by atoms with E-state index < -0.39 is 0 Å². The van der Waals surface area contributed by atoms with Gasteiger partial charge in [-0.2, -0.15) is 0 Å². The Morgan fingerprint density at radius 2 is 2.05 bits per heavy atom. The molecule has 0 aromatic heterocycles. The van der Waals surface area contributed by atoms with Crippen molar-refractivity contribution in [3.63, 3.8) is 0 Å². The van der Waals surface area contributed by atoms with Crippen LogP contribution in [0.1, 0.15) is 45.6 Å². The summed E-state index contributed by atoms with van der Waals surface area (Å²) in [5, 5.41) is 6.58. The van der Waals surface area contributed by atoms with E-state index in [-0.39, 0.29) is 5.91 Å². The van der Waals surface area contributed by atoms with Crippen molar-refractivity contribution in [1.82, 2.24) is 5.32 Å². The molecule has 20 heavy (non-hydrogen) atoms. The zero-order valence-electron chi connectivity index (χ0n) is 12.8. The molecule has 1 fully saturated rings. The van der Waals surface area contributed by atoms with E-state index in [0.717, 1.165) is 29.6 Å². The maximum absolute atomic E-state index is 11.2. The summed E-state index contributed by atoms with van der Waals surface area (Å²) in [6.45, 7) is 7.02. The first kappa shape index (κ1) is 15.0. The Kier molecular flexibility index (Phi) is 5.18. The molecule has 0 heterocycles. The lowest BCUT2D eigenvalue weighted by atomic mass is 9.93. The summed E-state index contributed by atoms with van der Waals surface area (Å²) in [5.41, 5.74) is 2.08. The molecule has 3 atom stereocenters. The Balaban J connectivity index is 1.96. The van der Waals surface area contributed by atoms with Crippen LogP contribution < -0.4 is 10.6 Å². The Morgan fingerprint density at radius 3 is 2.70 bits per heavy atom. The Labute approximate surface area is 122 Å². The minimum Gasteiger partial charge on any atom is -0.326 e. The van der Waals surface area contributed by atoms with Gasteiger partial charge >= 0.3 is 0 Å². The van der Waals surface area contributed by atoms with Gasteiger partial charge < -0.3 is 10.6 Å². The van der Waals surface area contributed by atoms with Gasteiger partial charge in [-0.05, 0) is 36.3 Å². The Bertz CT molecular complexity index is 458. The van der Waals surface area contributed by atoms with E-state index in [1.54, 1.807) is 6.92 Å². The molecule has 2 N–H and O–H groups in total. The van der Waals surface area contributed by atoms with Crippen LogP contribution in [0.25, 0.3) is 0 Å². The monoisotopic (exact) mass is 274 g/mol. The third kappa shape index (κ3) is 3.60. The lowest BCUT2D eigenvalue weighted by Crippen LogP contribution is -2.32. The third-order valence-electron chi connectivity index (χ3n) is 4.63. The Morgan fingerprint density at radius 1 is 1.30 bits per heavy atom. The Hall–Kier alpha value is -1.35. The second-order valence-electron chi connectivity index (χ2n) is 5.93. The predicted octanol–water partition coefficient (Wildman–Crippen LogP) is 3.56. The van der Waals surface area contributed by atoms with Gasteiger partial charge in [-0.3, -0.25) is 4.79 Å². The average molecular weight is 274 g/mol. The van der Waals surface area contributed by atoms with Crippen molar-refractivity contribution < 1.29 is 4.79 Å². The van der Waals surface area contributed by atoms with Crippen LogP contribution in [0.5, 0.6) is 0 Å². The smallest absolute Gasteiger partial charge is 0.221 e. The first-order chi connectivity index (χ1) is 9.61. The summed E-state index contributed by atoms with van der Waals surface area (Å²) >= 11 is 0. The normalized spacial score (nSPS) is 25.6. The largest absolute Gasteiger partial charge is 0.326 e. The van der Waals surface area contributed by atoms with Gasteiger partial charge in [0.1, 0.15) is 0 Å². The molecule has 3 unspecified atom stereocenters. The summed E-state index contributed by atoms with van der Waals surface area (Å²) in [5.74, 6) is 1.59. The fraction of sp³-hybridized carbons (Fsp3) is 0.588.